The third-order valence-electron chi connectivity index (χ3n) is 5.59. The van der Waals surface area contributed by atoms with Crippen LogP contribution in [0.15, 0.2) is 52.2 Å². The molecule has 0 aliphatic rings. The molecule has 0 atom stereocenters. The van der Waals surface area contributed by atoms with Crippen molar-refractivity contribution in [2.24, 2.45) is 13.0 Å². The quantitative estimate of drug-likeness (QED) is 0.239. The molecule has 0 saturated heterocycles. The fraction of sp³-hybridized carbons (Fsp3) is 0.346. The molecule has 0 aliphatic carbocycles. The van der Waals surface area contributed by atoms with Crippen LogP contribution in [0.25, 0.3) is 20.9 Å². The van der Waals surface area contributed by atoms with Crippen LogP contribution in [-0.4, -0.2) is 26.6 Å². The van der Waals surface area contributed by atoms with Crippen LogP contribution < -0.4 is 5.56 Å². The molecule has 2 aromatic carbocycles. The van der Waals surface area contributed by atoms with Crippen molar-refractivity contribution in [1.29, 1.82) is 0 Å². The number of hydrogen-bond acceptors (Lipinski definition) is 5. The van der Waals surface area contributed by atoms with Crippen molar-refractivity contribution in [2.45, 2.75) is 44.4 Å². The van der Waals surface area contributed by atoms with Crippen molar-refractivity contribution < 1.29 is 9.90 Å². The number of rotatable bonds is 9. The summed E-state index contributed by atoms with van der Waals surface area (Å²) in [4.78, 5) is 26.3. The molecule has 0 bridgehead atoms. The van der Waals surface area contributed by atoms with Crippen molar-refractivity contribution in [2.75, 3.05) is 5.75 Å². The molecule has 0 fully saturated rings. The molecule has 33 heavy (non-hydrogen) atoms. The van der Waals surface area contributed by atoms with E-state index in [2.05, 4.69) is 55.3 Å². The van der Waals surface area contributed by atoms with E-state index in [1.165, 1.54) is 21.0 Å². The number of benzene rings is 2. The first-order valence-electron chi connectivity index (χ1n) is 11.2. The Kier molecular flexibility index (Phi) is 7.20. The number of fused-ring (bicyclic) bond motifs is 2. The van der Waals surface area contributed by atoms with E-state index in [0.29, 0.717) is 18.1 Å². The number of carbonyl (C=O) groups is 1. The van der Waals surface area contributed by atoms with Crippen molar-refractivity contribution in [1.82, 2.24) is 9.78 Å². The van der Waals surface area contributed by atoms with Gasteiger partial charge < -0.3 is 5.11 Å². The molecular weight excluding hydrogens is 452 g/mol. The lowest BCUT2D eigenvalue weighted by atomic mass is 10.0. The average Bonchev–Trinajstić information content (AvgIpc) is 3.13. The zero-order chi connectivity index (χ0) is 23.5. The number of aliphatic carboxylic acids is 1. The van der Waals surface area contributed by atoms with Gasteiger partial charge in [0.15, 0.2) is 0 Å². The predicted molar refractivity (Wildman–Crippen MR) is 138 cm³/mol. The number of aromatic nitrogens is 2. The molecule has 0 unspecified atom stereocenters. The van der Waals surface area contributed by atoms with Crippen LogP contribution in [0.1, 0.15) is 42.8 Å². The van der Waals surface area contributed by atoms with Crippen molar-refractivity contribution in [3.8, 4) is 0 Å². The van der Waals surface area contributed by atoms with Crippen LogP contribution in [0.2, 0.25) is 0 Å². The highest BCUT2D eigenvalue weighted by molar-refractivity contribution is 7.99. The first kappa shape index (κ1) is 23.5. The number of carboxylic acids is 1. The van der Waals surface area contributed by atoms with Gasteiger partial charge in [0.05, 0.1) is 15.8 Å². The standard InChI is InChI=1S/C26H28N2O3S2/c1-16(2)14-20-24-23(26(31)28(3)27-20)25(32-13-7-12-22(29)30)21(33-24)15-18-10-6-9-17-8-4-5-11-19(17)18/h4-6,8-11,16H,7,12-15H2,1-3H3,(H,29,30). The highest BCUT2D eigenvalue weighted by atomic mass is 32.2. The van der Waals surface area contributed by atoms with Gasteiger partial charge in [-0.2, -0.15) is 5.10 Å². The minimum absolute atomic E-state index is 0.0846. The van der Waals surface area contributed by atoms with E-state index in [1.807, 2.05) is 6.07 Å². The summed E-state index contributed by atoms with van der Waals surface area (Å²) in [5.74, 6) is 0.292. The first-order chi connectivity index (χ1) is 15.8. The van der Waals surface area contributed by atoms with E-state index in [9.17, 15) is 9.59 Å². The van der Waals surface area contributed by atoms with Crippen LogP contribution in [0, 0.1) is 5.92 Å². The maximum absolute atomic E-state index is 13.2. The lowest BCUT2D eigenvalue weighted by Crippen LogP contribution is -2.21. The second-order valence-electron chi connectivity index (χ2n) is 8.69. The molecule has 1 N–H and O–H groups in total. The first-order valence-corrected chi connectivity index (χ1v) is 13.0. The van der Waals surface area contributed by atoms with E-state index >= 15 is 0 Å². The van der Waals surface area contributed by atoms with E-state index in [-0.39, 0.29) is 12.0 Å². The van der Waals surface area contributed by atoms with Crippen LogP contribution in [0.5, 0.6) is 0 Å². The molecule has 0 saturated carbocycles. The minimum atomic E-state index is -0.791. The van der Waals surface area contributed by atoms with Gasteiger partial charge in [-0.3, -0.25) is 9.59 Å². The Bertz CT molecular complexity index is 1370. The summed E-state index contributed by atoms with van der Waals surface area (Å²) < 4.78 is 2.43. The molecule has 4 aromatic rings. The Morgan fingerprint density at radius 1 is 1.18 bits per heavy atom. The second-order valence-corrected chi connectivity index (χ2v) is 10.9. The Balaban J connectivity index is 1.84. The van der Waals surface area contributed by atoms with Gasteiger partial charge in [0.2, 0.25) is 0 Å². The fourth-order valence-electron chi connectivity index (χ4n) is 4.10. The van der Waals surface area contributed by atoms with Gasteiger partial charge in [-0.05, 0) is 40.8 Å². The van der Waals surface area contributed by atoms with Gasteiger partial charge in [-0.1, -0.05) is 56.3 Å². The molecule has 172 valence electrons. The lowest BCUT2D eigenvalue weighted by molar-refractivity contribution is -0.137. The molecule has 0 amide bonds. The number of carboxylic acid groups (broad SMARTS) is 1. The molecule has 4 rings (SSSR count). The highest BCUT2D eigenvalue weighted by Gasteiger charge is 2.21. The predicted octanol–water partition coefficient (Wildman–Crippen LogP) is 5.89. The topological polar surface area (TPSA) is 72.2 Å². The number of thiophene rings is 1. The Labute approximate surface area is 201 Å². The van der Waals surface area contributed by atoms with Crippen LogP contribution in [0.3, 0.4) is 0 Å². The molecular formula is C26H28N2O3S2. The fourth-order valence-corrected chi connectivity index (χ4v) is 6.73. The van der Waals surface area contributed by atoms with Crippen LogP contribution in [-0.2, 0) is 24.7 Å². The molecule has 5 nitrogen and oxygen atoms in total. The zero-order valence-electron chi connectivity index (χ0n) is 19.1. The Morgan fingerprint density at radius 3 is 2.70 bits per heavy atom. The van der Waals surface area contributed by atoms with Gasteiger partial charge in [0, 0.05) is 29.7 Å². The smallest absolute Gasteiger partial charge is 0.303 e. The maximum atomic E-state index is 13.2. The number of thioether (sulfide) groups is 1. The summed E-state index contributed by atoms with van der Waals surface area (Å²) in [6.45, 7) is 4.32. The van der Waals surface area contributed by atoms with E-state index in [1.54, 1.807) is 30.1 Å². The lowest BCUT2D eigenvalue weighted by Gasteiger charge is -2.09. The molecule has 0 spiro atoms. The summed E-state index contributed by atoms with van der Waals surface area (Å²) in [5.41, 5.74) is 2.10. The summed E-state index contributed by atoms with van der Waals surface area (Å²) in [7, 11) is 1.71. The number of nitrogens with zero attached hydrogens (tertiary/aromatic N) is 2. The zero-order valence-corrected chi connectivity index (χ0v) is 20.8. The van der Waals surface area contributed by atoms with E-state index < -0.39 is 5.97 Å². The average molecular weight is 481 g/mol. The van der Waals surface area contributed by atoms with Gasteiger partial charge in [-0.25, -0.2) is 4.68 Å². The normalized spacial score (nSPS) is 11.6. The summed E-state index contributed by atoms with van der Waals surface area (Å²) >= 11 is 3.28. The van der Waals surface area contributed by atoms with Crippen LogP contribution >= 0.6 is 23.1 Å². The highest BCUT2D eigenvalue weighted by Crippen LogP contribution is 2.40. The van der Waals surface area contributed by atoms with Crippen molar-refractivity contribution in [3.05, 3.63) is 69.0 Å². The molecule has 0 aliphatic heterocycles. The molecule has 7 heteroatoms. The number of hydrogen-bond donors (Lipinski definition) is 1. The maximum Gasteiger partial charge on any atom is 0.303 e. The Morgan fingerprint density at radius 2 is 1.94 bits per heavy atom. The molecule has 2 heterocycles. The van der Waals surface area contributed by atoms with E-state index in [0.717, 1.165) is 38.4 Å². The van der Waals surface area contributed by atoms with Gasteiger partial charge in [0.25, 0.3) is 5.56 Å². The molecule has 0 radical (unpaired) electrons. The van der Waals surface area contributed by atoms with Crippen molar-refractivity contribution >= 4 is 49.9 Å². The second kappa shape index (κ2) is 10.1. The minimum Gasteiger partial charge on any atom is -0.481 e. The molecule has 2 aromatic heterocycles. The monoisotopic (exact) mass is 480 g/mol. The number of aryl methyl sites for hydroxylation is 1. The Hall–Kier alpha value is -2.64. The third-order valence-corrected chi connectivity index (χ3v) is 8.19. The summed E-state index contributed by atoms with van der Waals surface area (Å²) in [6.07, 6.45) is 2.23. The van der Waals surface area contributed by atoms with Crippen LogP contribution in [0.4, 0.5) is 0 Å². The largest absolute Gasteiger partial charge is 0.481 e. The SMILES string of the molecule is CC(C)Cc1nn(C)c(=O)c2c(SCCCC(=O)O)c(Cc3cccc4ccccc34)sc12. The van der Waals surface area contributed by atoms with E-state index in [4.69, 9.17) is 5.11 Å². The summed E-state index contributed by atoms with van der Waals surface area (Å²) in [6, 6.07) is 14.7. The summed E-state index contributed by atoms with van der Waals surface area (Å²) in [5, 5.41) is 16.8. The van der Waals surface area contributed by atoms with Gasteiger partial charge in [-0.15, -0.1) is 23.1 Å². The third kappa shape index (κ3) is 5.14. The van der Waals surface area contributed by atoms with Gasteiger partial charge >= 0.3 is 5.97 Å². The van der Waals surface area contributed by atoms with Crippen molar-refractivity contribution in [3.63, 3.8) is 0 Å². The van der Waals surface area contributed by atoms with Gasteiger partial charge in [0.1, 0.15) is 0 Å².